The van der Waals surface area contributed by atoms with Crippen molar-refractivity contribution in [1.82, 2.24) is 0 Å². The summed E-state index contributed by atoms with van der Waals surface area (Å²) in [6.07, 6.45) is 0. The number of nitrogens with zero attached hydrogens (tertiary/aromatic N) is 1. The summed E-state index contributed by atoms with van der Waals surface area (Å²) in [5.41, 5.74) is 0. The molecule has 64 valence electrons. The van der Waals surface area contributed by atoms with E-state index in [4.69, 9.17) is 0 Å². The van der Waals surface area contributed by atoms with Gasteiger partial charge >= 0.3 is 11.0 Å². The first kappa shape index (κ1) is 8.60. The molecule has 12 heavy (non-hydrogen) atoms. The van der Waals surface area contributed by atoms with E-state index in [-0.39, 0.29) is 9.88 Å². The number of carbonyl (C=O) groups excluding carboxylic acids is 1. The fourth-order valence-corrected chi connectivity index (χ4v) is 1.26. The molecule has 0 saturated heterocycles. The van der Waals surface area contributed by atoms with Crippen LogP contribution in [0.15, 0.2) is 12.1 Å². The Hall–Kier alpha value is -1.50. The lowest BCUT2D eigenvalue weighted by atomic mass is 10.5. The van der Waals surface area contributed by atoms with E-state index in [0.29, 0.717) is 11.3 Å². The lowest BCUT2D eigenvalue weighted by molar-refractivity contribution is -0.380. The predicted molar refractivity (Wildman–Crippen MR) is 37.5 cm³/mol. The number of hydrogen-bond acceptors (Lipinski definition) is 5. The Bertz CT molecular complexity index is 323. The Balaban J connectivity index is 2.91. The molecule has 0 bridgehead atoms. The second-order valence-electron chi connectivity index (χ2n) is 1.76. The molecule has 1 rings (SSSR count). The fraction of sp³-hybridized carbons (Fsp3) is 0. The minimum Gasteiger partial charge on any atom is -0.258 e. The third-order valence-corrected chi connectivity index (χ3v) is 2.06. The van der Waals surface area contributed by atoms with Crippen LogP contribution in [0.3, 0.4) is 0 Å². The van der Waals surface area contributed by atoms with Crippen molar-refractivity contribution in [3.05, 3.63) is 27.1 Å². The molecule has 1 aromatic heterocycles. The van der Waals surface area contributed by atoms with E-state index >= 15 is 0 Å². The van der Waals surface area contributed by atoms with Gasteiger partial charge in [-0.3, -0.25) is 10.1 Å². The van der Waals surface area contributed by atoms with E-state index in [9.17, 15) is 19.4 Å². The number of carbonyl (C=O) groups is 1. The smallest absolute Gasteiger partial charge is 0.258 e. The first-order chi connectivity index (χ1) is 5.65. The summed E-state index contributed by atoms with van der Waals surface area (Å²) >= 11 is 0.560. The van der Waals surface area contributed by atoms with Crippen LogP contribution in [0.5, 0.6) is 0 Å². The van der Waals surface area contributed by atoms with E-state index in [1.165, 1.54) is 0 Å². The molecule has 0 amide bonds. The van der Waals surface area contributed by atoms with Gasteiger partial charge in [-0.25, -0.2) is 9.74 Å². The molecule has 0 aliphatic rings. The first-order valence-electron chi connectivity index (χ1n) is 2.72. The zero-order valence-electron chi connectivity index (χ0n) is 5.52. The summed E-state index contributed by atoms with van der Waals surface area (Å²) in [5.74, 6) is -1.21. The number of thiophene rings is 1. The molecule has 0 aromatic carbocycles. The van der Waals surface area contributed by atoms with Crippen molar-refractivity contribution in [2.75, 3.05) is 0 Å². The molecule has 0 spiro atoms. The van der Waals surface area contributed by atoms with Crippen LogP contribution in [0.25, 0.3) is 0 Å². The van der Waals surface area contributed by atoms with Crippen molar-refractivity contribution < 1.29 is 19.2 Å². The van der Waals surface area contributed by atoms with Crippen molar-refractivity contribution in [1.29, 1.82) is 0 Å². The molecule has 0 unspecified atom stereocenters. The maximum atomic E-state index is 11.3. The van der Waals surface area contributed by atoms with E-state index in [0.717, 1.165) is 12.1 Å². The van der Waals surface area contributed by atoms with Gasteiger partial charge in [0, 0.05) is 10.6 Å². The summed E-state index contributed by atoms with van der Waals surface area (Å²) in [6, 6.07) is 2.24. The largest absolute Gasteiger partial charge is 0.389 e. The summed E-state index contributed by atoms with van der Waals surface area (Å²) in [5, 5.41) is 9.87. The minimum atomic E-state index is -1.21. The van der Waals surface area contributed by atoms with Gasteiger partial charge in [-0.2, -0.15) is 0 Å². The van der Waals surface area contributed by atoms with E-state index in [2.05, 4.69) is 4.94 Å². The van der Waals surface area contributed by atoms with Crippen LogP contribution in [0.1, 0.15) is 9.67 Å². The van der Waals surface area contributed by atoms with Crippen LogP contribution in [0.2, 0.25) is 0 Å². The Labute approximate surface area is 69.4 Å². The summed E-state index contributed by atoms with van der Waals surface area (Å²) in [6.45, 7) is 0. The van der Waals surface area contributed by atoms with E-state index in [1.54, 1.807) is 0 Å². The summed E-state index contributed by atoms with van der Waals surface area (Å²) in [7, 11) is 0. The molecule has 7 heteroatoms. The topological polar surface area (TPSA) is 69.4 Å². The second-order valence-corrected chi connectivity index (χ2v) is 2.82. The molecule has 0 fully saturated rings. The molecule has 0 aliphatic heterocycles. The number of hydrogen-bond donors (Lipinski definition) is 0. The van der Waals surface area contributed by atoms with Gasteiger partial charge in [0.25, 0.3) is 0 Å². The van der Waals surface area contributed by atoms with Gasteiger partial charge < -0.3 is 0 Å². The standard InChI is InChI=1S/C5H2FNO4S/c6-11-5(8)3-1-2-4(12-3)7(9)10/h1-2H. The van der Waals surface area contributed by atoms with Crippen LogP contribution < -0.4 is 0 Å². The Kier molecular flexibility index (Phi) is 2.34. The van der Waals surface area contributed by atoms with E-state index < -0.39 is 10.9 Å². The number of rotatable bonds is 2. The average molecular weight is 191 g/mol. The molecule has 0 radical (unpaired) electrons. The second kappa shape index (κ2) is 3.26. The monoisotopic (exact) mass is 191 g/mol. The SMILES string of the molecule is O=C(OF)c1ccc([N+](=O)[O-])s1. The molecule has 0 saturated carbocycles. The molecule has 0 atom stereocenters. The van der Waals surface area contributed by atoms with Gasteiger partial charge in [0.05, 0.1) is 4.92 Å². The Morgan fingerprint density at radius 1 is 1.67 bits per heavy atom. The van der Waals surface area contributed by atoms with Gasteiger partial charge in [-0.1, -0.05) is 11.3 Å². The molecule has 1 heterocycles. The maximum absolute atomic E-state index is 11.3. The van der Waals surface area contributed by atoms with Crippen molar-refractivity contribution in [3.8, 4) is 0 Å². The number of nitro groups is 1. The zero-order valence-corrected chi connectivity index (χ0v) is 6.34. The molecule has 5 nitrogen and oxygen atoms in total. The van der Waals surface area contributed by atoms with Gasteiger partial charge in [0.15, 0.2) is 0 Å². The third-order valence-electron chi connectivity index (χ3n) is 1.04. The number of halogens is 1. The fourth-order valence-electron chi connectivity index (χ4n) is 0.574. The highest BCUT2D eigenvalue weighted by atomic mass is 32.1. The molecule has 0 N–H and O–H groups in total. The maximum Gasteiger partial charge on any atom is 0.389 e. The normalized spacial score (nSPS) is 9.42. The third kappa shape index (κ3) is 1.56. The lowest BCUT2D eigenvalue weighted by Crippen LogP contribution is -1.93. The van der Waals surface area contributed by atoms with Crippen LogP contribution >= 0.6 is 11.3 Å². The van der Waals surface area contributed by atoms with Gasteiger partial charge in [-0.05, 0) is 6.07 Å². The molecular formula is C5H2FNO4S. The van der Waals surface area contributed by atoms with E-state index in [1.807, 2.05) is 0 Å². The van der Waals surface area contributed by atoms with Crippen molar-refractivity contribution in [2.45, 2.75) is 0 Å². The Morgan fingerprint density at radius 3 is 2.75 bits per heavy atom. The molecule has 1 aromatic rings. The highest BCUT2D eigenvalue weighted by Gasteiger charge is 2.16. The average Bonchev–Trinajstić information content (AvgIpc) is 2.51. The highest BCUT2D eigenvalue weighted by Crippen LogP contribution is 2.24. The van der Waals surface area contributed by atoms with Gasteiger partial charge in [-0.15, -0.1) is 0 Å². The summed E-state index contributed by atoms with van der Waals surface area (Å²) in [4.78, 5) is 22.6. The van der Waals surface area contributed by atoms with Crippen LogP contribution in [-0.2, 0) is 4.94 Å². The Morgan fingerprint density at radius 2 is 2.33 bits per heavy atom. The first-order valence-corrected chi connectivity index (χ1v) is 3.54. The minimum absolute atomic E-state index is 0.135. The van der Waals surface area contributed by atoms with Crippen LogP contribution in [0, 0.1) is 10.1 Å². The van der Waals surface area contributed by atoms with Crippen molar-refractivity contribution in [3.63, 3.8) is 0 Å². The van der Waals surface area contributed by atoms with Gasteiger partial charge in [0.2, 0.25) is 0 Å². The van der Waals surface area contributed by atoms with Crippen molar-refractivity contribution >= 4 is 22.3 Å². The highest BCUT2D eigenvalue weighted by molar-refractivity contribution is 7.17. The molecular weight excluding hydrogens is 189 g/mol. The van der Waals surface area contributed by atoms with Gasteiger partial charge in [0.1, 0.15) is 4.88 Å². The molecule has 0 aliphatic carbocycles. The quantitative estimate of drug-likeness (QED) is 0.526. The zero-order chi connectivity index (χ0) is 9.14. The predicted octanol–water partition coefficient (Wildman–Crippen LogP) is 1.70. The van der Waals surface area contributed by atoms with Crippen LogP contribution in [-0.4, -0.2) is 10.9 Å². The lowest BCUT2D eigenvalue weighted by Gasteiger charge is -1.84. The van der Waals surface area contributed by atoms with Crippen LogP contribution in [0.4, 0.5) is 9.53 Å². The van der Waals surface area contributed by atoms with Crippen molar-refractivity contribution in [2.24, 2.45) is 0 Å². The summed E-state index contributed by atoms with van der Waals surface area (Å²) < 4.78 is 11.3.